The zero-order valence-corrected chi connectivity index (χ0v) is 16.5. The van der Waals surface area contributed by atoms with E-state index in [2.05, 4.69) is 37.3 Å². The van der Waals surface area contributed by atoms with Gasteiger partial charge in [0.1, 0.15) is 5.60 Å². The smallest absolute Gasteiger partial charge is 0.759 e. The molecule has 0 aromatic heterocycles. The number of benzene rings is 1. The van der Waals surface area contributed by atoms with Gasteiger partial charge in [0, 0.05) is 10.4 Å². The normalized spacial score (nSPS) is 18.2. The summed E-state index contributed by atoms with van der Waals surface area (Å²) in [6.45, 7) is 3.20. The van der Waals surface area contributed by atoms with E-state index in [-0.39, 0.29) is 43.3 Å². The van der Waals surface area contributed by atoms with Gasteiger partial charge in [-0.05, 0) is 12.0 Å². The summed E-state index contributed by atoms with van der Waals surface area (Å²) in [6, 6.07) is 10.7. The Labute approximate surface area is 176 Å². The van der Waals surface area contributed by atoms with Crippen LogP contribution >= 0.6 is 0 Å². The van der Waals surface area contributed by atoms with E-state index in [1.807, 2.05) is 0 Å². The molecule has 1 aromatic carbocycles. The van der Waals surface area contributed by atoms with Crippen molar-refractivity contribution in [3.63, 3.8) is 0 Å². The van der Waals surface area contributed by atoms with Gasteiger partial charge in [0.15, 0.2) is 0 Å². The molecule has 1 aliphatic heterocycles. The Bertz CT molecular complexity index is 525. The maximum atomic E-state index is 8.52. The van der Waals surface area contributed by atoms with Crippen LogP contribution in [0.1, 0.15) is 63.9 Å². The third kappa shape index (κ3) is 14.0. The number of epoxide rings is 1. The van der Waals surface area contributed by atoms with E-state index in [4.69, 9.17) is 22.3 Å². The van der Waals surface area contributed by atoms with Gasteiger partial charge in [-0.1, -0.05) is 82.2 Å². The van der Waals surface area contributed by atoms with Crippen LogP contribution in [0.15, 0.2) is 30.3 Å². The predicted octanol–water partition coefficient (Wildman–Crippen LogP) is -2.28. The van der Waals surface area contributed by atoms with Crippen molar-refractivity contribution in [1.82, 2.24) is 0 Å². The fourth-order valence-electron chi connectivity index (χ4n) is 2.65. The van der Waals surface area contributed by atoms with Crippen LogP contribution in [0.25, 0.3) is 0 Å². The molecule has 0 bridgehead atoms. The molecule has 5 nitrogen and oxygen atoms in total. The first-order valence-corrected chi connectivity index (χ1v) is 9.57. The van der Waals surface area contributed by atoms with Crippen LogP contribution in [0.5, 0.6) is 0 Å². The Morgan fingerprint density at radius 1 is 0.960 bits per heavy atom. The molecule has 132 valence electrons. The molecule has 2 rings (SSSR count). The molecule has 1 aliphatic rings. The van der Waals surface area contributed by atoms with Crippen LogP contribution in [-0.4, -0.2) is 24.1 Å². The van der Waals surface area contributed by atoms with Gasteiger partial charge in [0.2, 0.25) is 0 Å². The molecule has 0 amide bonds. The van der Waals surface area contributed by atoms with E-state index in [1.165, 1.54) is 56.9 Å². The standard InChI is InChI=1S/C17H26O.2Li.H2O4S/c1-2-3-4-5-6-7-11-14-17(15-18-17)16-12-9-8-10-13-16;;;1-5(2,3)4/h8-10,12-13H,2-7,11,14-15H2,1H3;;;(H2,1,2,3,4)/q;2*+1;/p-2. The van der Waals surface area contributed by atoms with Crippen LogP contribution in [0.3, 0.4) is 0 Å². The van der Waals surface area contributed by atoms with E-state index < -0.39 is 10.4 Å². The molecule has 0 radical (unpaired) electrons. The summed E-state index contributed by atoms with van der Waals surface area (Å²) < 4.78 is 39.8. The Hall–Kier alpha value is 0.245. The average Bonchev–Trinajstić information content (AvgIpc) is 3.27. The Kier molecular flexibility index (Phi) is 15.7. The number of hydrogen-bond donors (Lipinski definition) is 0. The third-order valence-corrected chi connectivity index (χ3v) is 3.98. The number of rotatable bonds is 9. The minimum absolute atomic E-state index is 0. The van der Waals surface area contributed by atoms with E-state index in [0.29, 0.717) is 0 Å². The first-order chi connectivity index (χ1) is 10.9. The minimum atomic E-state index is -5.17. The molecule has 1 heterocycles. The van der Waals surface area contributed by atoms with E-state index in [1.54, 1.807) is 0 Å². The number of hydrogen-bond acceptors (Lipinski definition) is 5. The maximum Gasteiger partial charge on any atom is 1.00 e. The van der Waals surface area contributed by atoms with E-state index >= 15 is 0 Å². The van der Waals surface area contributed by atoms with Crippen molar-refractivity contribution < 1.29 is 60.0 Å². The number of unbranched alkanes of at least 4 members (excludes halogenated alkanes) is 6. The second kappa shape index (κ2) is 14.3. The second-order valence-corrected chi connectivity index (χ2v) is 6.75. The van der Waals surface area contributed by atoms with Crippen molar-refractivity contribution in [2.75, 3.05) is 6.61 Å². The fraction of sp³-hybridized carbons (Fsp3) is 0.647. The van der Waals surface area contributed by atoms with Crippen molar-refractivity contribution in [1.29, 1.82) is 0 Å². The molecule has 25 heavy (non-hydrogen) atoms. The Balaban J connectivity index is 0. The van der Waals surface area contributed by atoms with Crippen LogP contribution in [-0.2, 0) is 20.7 Å². The van der Waals surface area contributed by atoms with Gasteiger partial charge >= 0.3 is 37.7 Å². The third-order valence-electron chi connectivity index (χ3n) is 3.98. The molecule has 1 unspecified atom stereocenters. The Morgan fingerprint density at radius 2 is 1.40 bits per heavy atom. The van der Waals surface area contributed by atoms with Gasteiger partial charge in [-0.15, -0.1) is 0 Å². The van der Waals surface area contributed by atoms with Gasteiger partial charge in [0.05, 0.1) is 6.61 Å². The van der Waals surface area contributed by atoms with Gasteiger partial charge in [0.25, 0.3) is 0 Å². The first kappa shape index (κ1) is 27.5. The summed E-state index contributed by atoms with van der Waals surface area (Å²) in [6.07, 6.45) is 10.8. The molecule has 1 saturated heterocycles. The maximum absolute atomic E-state index is 8.52. The summed E-state index contributed by atoms with van der Waals surface area (Å²) in [4.78, 5) is 0. The van der Waals surface area contributed by atoms with Crippen LogP contribution < -0.4 is 37.7 Å². The van der Waals surface area contributed by atoms with Crippen molar-refractivity contribution in [3.8, 4) is 0 Å². The zero-order chi connectivity index (χ0) is 17.2. The molecule has 0 spiro atoms. The molecule has 8 heteroatoms. The number of ether oxygens (including phenoxy) is 1. The summed E-state index contributed by atoms with van der Waals surface area (Å²) in [5.74, 6) is 0. The molecular formula is C17H26Li2O5S. The molecular weight excluding hydrogens is 330 g/mol. The van der Waals surface area contributed by atoms with E-state index in [9.17, 15) is 0 Å². The molecule has 1 aromatic rings. The van der Waals surface area contributed by atoms with Gasteiger partial charge < -0.3 is 13.8 Å². The fourth-order valence-corrected chi connectivity index (χ4v) is 2.65. The van der Waals surface area contributed by atoms with E-state index in [0.717, 1.165) is 6.61 Å². The van der Waals surface area contributed by atoms with Crippen molar-refractivity contribution in [2.24, 2.45) is 0 Å². The first-order valence-electron chi connectivity index (χ1n) is 8.23. The zero-order valence-electron chi connectivity index (χ0n) is 15.7. The molecule has 1 fully saturated rings. The second-order valence-electron chi connectivity index (χ2n) is 5.93. The largest absolute Gasteiger partial charge is 1.00 e. The summed E-state index contributed by atoms with van der Waals surface area (Å²) in [7, 11) is -5.17. The Morgan fingerprint density at radius 3 is 1.84 bits per heavy atom. The van der Waals surface area contributed by atoms with Gasteiger partial charge in [-0.25, -0.2) is 0 Å². The molecule has 0 aliphatic carbocycles. The van der Waals surface area contributed by atoms with Crippen molar-refractivity contribution >= 4 is 10.4 Å². The van der Waals surface area contributed by atoms with Crippen molar-refractivity contribution in [3.05, 3.63) is 35.9 Å². The molecule has 0 N–H and O–H groups in total. The van der Waals surface area contributed by atoms with Crippen LogP contribution in [0.2, 0.25) is 0 Å². The predicted molar refractivity (Wildman–Crippen MR) is 87.2 cm³/mol. The van der Waals surface area contributed by atoms with Crippen LogP contribution in [0.4, 0.5) is 0 Å². The van der Waals surface area contributed by atoms with Gasteiger partial charge in [-0.3, -0.25) is 8.42 Å². The summed E-state index contributed by atoms with van der Waals surface area (Å²) in [5.41, 5.74) is 1.46. The molecule has 0 saturated carbocycles. The minimum Gasteiger partial charge on any atom is -0.759 e. The quantitative estimate of drug-likeness (QED) is 0.163. The summed E-state index contributed by atoms with van der Waals surface area (Å²) >= 11 is 0. The van der Waals surface area contributed by atoms with Crippen LogP contribution in [0, 0.1) is 0 Å². The van der Waals surface area contributed by atoms with Gasteiger partial charge in [-0.2, -0.15) is 0 Å². The summed E-state index contributed by atoms with van der Waals surface area (Å²) in [5, 5.41) is 0. The SMILES string of the molecule is CCCCCCCCCC1(c2ccccc2)CO1.O=S(=O)([O-])[O-].[Li+].[Li+]. The average molecular weight is 356 g/mol. The monoisotopic (exact) mass is 356 g/mol. The topological polar surface area (TPSA) is 92.8 Å². The molecule has 1 atom stereocenters. The van der Waals surface area contributed by atoms with Crippen molar-refractivity contribution in [2.45, 2.75) is 63.9 Å².